The number of likely N-dealkylation sites (tertiary alicyclic amines) is 1. The Balaban J connectivity index is 1.74. The Bertz CT molecular complexity index is 1090. The van der Waals surface area contributed by atoms with Gasteiger partial charge in [-0.15, -0.1) is 11.8 Å². The maximum atomic E-state index is 14.4. The topological polar surface area (TPSA) is 98.7 Å². The zero-order valence-corrected chi connectivity index (χ0v) is 26.6. The normalized spacial score (nSPS) is 31.0. The van der Waals surface area contributed by atoms with Gasteiger partial charge in [-0.1, -0.05) is 68.7 Å². The van der Waals surface area contributed by atoms with Gasteiger partial charge in [0.2, 0.25) is 17.7 Å². The summed E-state index contributed by atoms with van der Waals surface area (Å²) in [6.45, 7) is 14.3. The molecule has 3 amide bonds. The van der Waals surface area contributed by atoms with E-state index in [1.165, 1.54) is 0 Å². The molecule has 0 radical (unpaired) electrons. The predicted octanol–water partition coefficient (Wildman–Crippen LogP) is 4.83. The van der Waals surface area contributed by atoms with Gasteiger partial charge in [-0.3, -0.25) is 14.4 Å². The number of rotatable bonds is 9. The minimum absolute atomic E-state index is 0.00377. The fraction of sp³-hybridized carbons (Fsp3) is 0.700. The summed E-state index contributed by atoms with van der Waals surface area (Å²) in [7, 11) is 0. The number of alkyl halides is 1. The number of aliphatic hydroxyl groups is 1. The number of para-hydroxylation sites is 1. The quantitative estimate of drug-likeness (QED) is 0.343. The lowest BCUT2D eigenvalue weighted by Gasteiger charge is -2.41. The van der Waals surface area contributed by atoms with Crippen molar-refractivity contribution in [2.75, 3.05) is 11.9 Å². The molecule has 3 aliphatic heterocycles. The number of hydrogen-bond acceptors (Lipinski definition) is 5. The van der Waals surface area contributed by atoms with Crippen molar-refractivity contribution in [3.8, 4) is 0 Å². The highest BCUT2D eigenvalue weighted by molar-refractivity contribution is 9.09. The van der Waals surface area contributed by atoms with Crippen molar-refractivity contribution in [3.63, 3.8) is 0 Å². The number of fused-ring (bicyclic) bond motifs is 1. The van der Waals surface area contributed by atoms with E-state index >= 15 is 0 Å². The van der Waals surface area contributed by atoms with Crippen LogP contribution in [0.4, 0.5) is 5.69 Å². The molecule has 7 nitrogen and oxygen atoms in total. The second kappa shape index (κ2) is 11.0. The largest absolute Gasteiger partial charge is 0.394 e. The average Bonchev–Trinajstić information content (AvgIpc) is 3.39. The van der Waals surface area contributed by atoms with Crippen LogP contribution >= 0.6 is 27.7 Å². The molecule has 3 unspecified atom stereocenters. The summed E-state index contributed by atoms with van der Waals surface area (Å²) >= 11 is 5.44. The van der Waals surface area contributed by atoms with Gasteiger partial charge < -0.3 is 20.6 Å². The van der Waals surface area contributed by atoms with Gasteiger partial charge in [0, 0.05) is 21.3 Å². The van der Waals surface area contributed by atoms with Crippen molar-refractivity contribution >= 4 is 51.1 Å². The maximum Gasteiger partial charge on any atom is 0.244 e. The van der Waals surface area contributed by atoms with Crippen molar-refractivity contribution in [1.82, 2.24) is 10.2 Å². The highest BCUT2D eigenvalue weighted by Gasteiger charge is 2.76. The molecule has 3 fully saturated rings. The zero-order valence-electron chi connectivity index (χ0n) is 24.2. The first kappa shape index (κ1) is 30.4. The summed E-state index contributed by atoms with van der Waals surface area (Å²) in [6.07, 6.45) is 1.95. The summed E-state index contributed by atoms with van der Waals surface area (Å²) in [6, 6.07) is 8.01. The maximum absolute atomic E-state index is 14.4. The molecule has 2 bridgehead atoms. The third-order valence-corrected chi connectivity index (χ3v) is 11.3. The SMILES string of the molecule is CC(C)C[C@H](CO)N1C(=O)[C@@H]2[C@@H](C(=O)Nc3ccccc3)[C@@H]3SC2(CC3Br)C1C(=O)NC(C)(C)CC(C)(C)C. The molecule has 0 saturated carbocycles. The first-order valence-corrected chi connectivity index (χ1v) is 15.8. The van der Waals surface area contributed by atoms with E-state index < -0.39 is 34.2 Å². The van der Waals surface area contributed by atoms with Crippen LogP contribution in [0.1, 0.15) is 67.7 Å². The number of amides is 3. The standard InChI is InChI=1S/C30H44BrN3O4S/c1-17(2)13-19(15-35)34-24(26(37)33-29(6,7)16-28(3,4)5)30-14-20(31)23(39-30)21(22(30)27(34)38)25(36)32-18-11-9-8-10-12-18/h8-12,17,19-24,35H,13-16H2,1-7H3,(H,32,36)(H,33,37)/t19-,20?,21-,22+,23-,24?,30?/m1/s1. The number of benzene rings is 1. The molecule has 1 spiro atoms. The number of thioether (sulfide) groups is 1. The lowest BCUT2D eigenvalue weighted by Crippen LogP contribution is -2.60. The Hall–Kier alpha value is -1.58. The van der Waals surface area contributed by atoms with Crippen LogP contribution in [-0.2, 0) is 14.4 Å². The smallest absolute Gasteiger partial charge is 0.244 e. The second-order valence-electron chi connectivity index (χ2n) is 13.8. The van der Waals surface area contributed by atoms with E-state index in [1.807, 2.05) is 44.2 Å². The molecule has 39 heavy (non-hydrogen) atoms. The van der Waals surface area contributed by atoms with Gasteiger partial charge in [-0.05, 0) is 56.6 Å². The molecule has 7 atom stereocenters. The lowest BCUT2D eigenvalue weighted by molar-refractivity contribution is -0.143. The average molecular weight is 623 g/mol. The number of carbonyl (C=O) groups excluding carboxylic acids is 3. The highest BCUT2D eigenvalue weighted by atomic mass is 79.9. The number of hydrogen-bond donors (Lipinski definition) is 3. The Morgan fingerprint density at radius 3 is 2.36 bits per heavy atom. The second-order valence-corrected chi connectivity index (χ2v) is 16.6. The van der Waals surface area contributed by atoms with Crippen LogP contribution in [0.2, 0.25) is 0 Å². The van der Waals surface area contributed by atoms with E-state index in [4.69, 9.17) is 0 Å². The predicted molar refractivity (Wildman–Crippen MR) is 161 cm³/mol. The fourth-order valence-electron chi connectivity index (χ4n) is 7.40. The molecule has 4 rings (SSSR count). The van der Waals surface area contributed by atoms with Crippen molar-refractivity contribution in [3.05, 3.63) is 30.3 Å². The molecule has 0 aromatic heterocycles. The van der Waals surface area contributed by atoms with Gasteiger partial charge >= 0.3 is 0 Å². The summed E-state index contributed by atoms with van der Waals surface area (Å²) < 4.78 is -0.749. The van der Waals surface area contributed by atoms with Crippen molar-refractivity contribution in [2.45, 2.75) is 100 Å². The molecule has 3 N–H and O–H groups in total. The molecule has 3 heterocycles. The Labute approximate surface area is 245 Å². The van der Waals surface area contributed by atoms with Gasteiger partial charge in [0.15, 0.2) is 0 Å². The third kappa shape index (κ3) is 5.91. The minimum atomic E-state index is -0.769. The van der Waals surface area contributed by atoms with Gasteiger partial charge in [0.25, 0.3) is 0 Å². The monoisotopic (exact) mass is 621 g/mol. The number of halogens is 1. The van der Waals surface area contributed by atoms with E-state index in [-0.39, 0.29) is 45.7 Å². The number of aliphatic hydroxyl groups excluding tert-OH is 1. The molecule has 216 valence electrons. The minimum Gasteiger partial charge on any atom is -0.394 e. The molecule has 1 aromatic rings. The van der Waals surface area contributed by atoms with E-state index in [2.05, 4.69) is 61.2 Å². The Morgan fingerprint density at radius 2 is 1.79 bits per heavy atom. The van der Waals surface area contributed by atoms with Crippen LogP contribution < -0.4 is 10.6 Å². The number of nitrogens with one attached hydrogen (secondary N) is 2. The van der Waals surface area contributed by atoms with Crippen LogP contribution in [0.15, 0.2) is 30.3 Å². The molecule has 3 aliphatic rings. The van der Waals surface area contributed by atoms with Crippen LogP contribution in [-0.4, -0.2) is 66.8 Å². The number of nitrogens with zero attached hydrogens (tertiary/aromatic N) is 1. The van der Waals surface area contributed by atoms with Crippen LogP contribution in [0.5, 0.6) is 0 Å². The van der Waals surface area contributed by atoms with Crippen molar-refractivity contribution in [1.29, 1.82) is 0 Å². The molecule has 3 saturated heterocycles. The van der Waals surface area contributed by atoms with Crippen LogP contribution in [0.25, 0.3) is 0 Å². The van der Waals surface area contributed by atoms with Crippen molar-refractivity contribution in [2.24, 2.45) is 23.2 Å². The molecule has 0 aliphatic carbocycles. The van der Waals surface area contributed by atoms with E-state index in [9.17, 15) is 19.5 Å². The van der Waals surface area contributed by atoms with Gasteiger partial charge in [0.1, 0.15) is 6.04 Å². The number of carbonyl (C=O) groups is 3. The Kier molecular flexibility index (Phi) is 8.58. The van der Waals surface area contributed by atoms with Gasteiger partial charge in [-0.2, -0.15) is 0 Å². The van der Waals surface area contributed by atoms with E-state index in [0.717, 1.165) is 6.42 Å². The molecular formula is C30H44BrN3O4S. The van der Waals surface area contributed by atoms with E-state index in [1.54, 1.807) is 16.7 Å². The van der Waals surface area contributed by atoms with Crippen LogP contribution in [0, 0.1) is 23.2 Å². The molecule has 9 heteroatoms. The van der Waals surface area contributed by atoms with Gasteiger partial charge in [0.05, 0.1) is 29.2 Å². The van der Waals surface area contributed by atoms with E-state index in [0.29, 0.717) is 18.5 Å². The lowest BCUT2D eigenvalue weighted by atomic mass is 9.70. The fourth-order valence-corrected chi connectivity index (χ4v) is 11.0. The van der Waals surface area contributed by atoms with Crippen molar-refractivity contribution < 1.29 is 19.5 Å². The third-order valence-electron chi connectivity index (χ3n) is 8.10. The Morgan fingerprint density at radius 1 is 1.15 bits per heavy atom. The summed E-state index contributed by atoms with van der Waals surface area (Å²) in [5.41, 5.74) is 0.185. The van der Waals surface area contributed by atoms with Gasteiger partial charge in [-0.25, -0.2) is 0 Å². The first-order chi connectivity index (χ1) is 18.1. The summed E-state index contributed by atoms with van der Waals surface area (Å²) in [4.78, 5) is 44.1. The highest BCUT2D eigenvalue weighted by Crippen LogP contribution is 2.68. The van der Waals surface area contributed by atoms with Crippen LogP contribution in [0.3, 0.4) is 0 Å². The molecule has 1 aromatic carbocycles. The summed E-state index contributed by atoms with van der Waals surface area (Å²) in [5.74, 6) is -1.57. The first-order valence-electron chi connectivity index (χ1n) is 14.0. The summed E-state index contributed by atoms with van der Waals surface area (Å²) in [5, 5.41) is 16.7. The number of anilines is 1. The zero-order chi connectivity index (χ0) is 28.9. The molecular weight excluding hydrogens is 578 g/mol.